The molecule has 25 heavy (non-hydrogen) atoms. The normalized spacial score (nSPS) is 12.3. The Morgan fingerprint density at radius 3 is 1.40 bits per heavy atom. The van der Waals surface area contributed by atoms with Crippen molar-refractivity contribution in [2.45, 2.75) is 0 Å². The molecule has 0 saturated carbocycles. The number of terminal acetylenes is 2. The highest BCUT2D eigenvalue weighted by atomic mass is 32.3. The molecule has 0 fully saturated rings. The van der Waals surface area contributed by atoms with E-state index in [4.69, 9.17) is 12.8 Å². The van der Waals surface area contributed by atoms with E-state index in [1.54, 1.807) is 0 Å². The first kappa shape index (κ1) is 26.1. The van der Waals surface area contributed by atoms with Gasteiger partial charge in [-0.1, -0.05) is 11.8 Å². The highest BCUT2D eigenvalue weighted by Gasteiger charge is 2.18. The Balaban J connectivity index is 0. The highest BCUT2D eigenvalue weighted by molar-refractivity contribution is 8.05. The quantitative estimate of drug-likeness (QED) is 0.291. The summed E-state index contributed by atoms with van der Waals surface area (Å²) < 4.78 is 93.7. The first-order valence-corrected chi connectivity index (χ1v) is 13.3. The van der Waals surface area contributed by atoms with E-state index in [1.807, 2.05) is 11.8 Å². The molecule has 0 atom stereocenters. The van der Waals surface area contributed by atoms with E-state index >= 15 is 0 Å². The van der Waals surface area contributed by atoms with Crippen LogP contribution in [0.3, 0.4) is 0 Å². The maximum atomic E-state index is 10.9. The van der Waals surface area contributed by atoms with Crippen LogP contribution in [-0.4, -0.2) is 76.0 Å². The number of hydrogen-bond acceptors (Lipinski definition) is 10. The van der Waals surface area contributed by atoms with E-state index in [0.717, 1.165) is 12.5 Å². The molecule has 0 bridgehead atoms. The van der Waals surface area contributed by atoms with Gasteiger partial charge in [0.15, 0.2) is 14.9 Å². The fourth-order valence-electron chi connectivity index (χ4n) is 0.856. The van der Waals surface area contributed by atoms with Crippen molar-refractivity contribution in [1.29, 1.82) is 0 Å². The molecule has 0 N–H and O–H groups in total. The van der Waals surface area contributed by atoms with Crippen molar-refractivity contribution >= 4 is 39.9 Å². The molecule has 10 nitrogen and oxygen atoms in total. The molecule has 0 aliphatic rings. The highest BCUT2D eigenvalue weighted by Crippen LogP contribution is 1.97. The Labute approximate surface area is 149 Å². The minimum absolute atomic E-state index is 0.369. The monoisotopic (exact) mass is 438 g/mol. The second-order valence-electron chi connectivity index (χ2n) is 4.43. The van der Waals surface area contributed by atoms with Gasteiger partial charge in [-0.15, -0.1) is 12.8 Å². The summed E-state index contributed by atoms with van der Waals surface area (Å²) in [6.45, 7) is -0.816. The van der Waals surface area contributed by atoms with Gasteiger partial charge < -0.3 is 0 Å². The van der Waals surface area contributed by atoms with Gasteiger partial charge in [0.1, 0.15) is 23.1 Å². The van der Waals surface area contributed by atoms with Crippen molar-refractivity contribution in [2.24, 2.45) is 0 Å². The summed E-state index contributed by atoms with van der Waals surface area (Å²) in [7, 11) is -14.7. The maximum Gasteiger partial charge on any atom is 0.282 e. The van der Waals surface area contributed by atoms with Crippen LogP contribution < -0.4 is 0 Å². The van der Waals surface area contributed by atoms with Crippen molar-refractivity contribution in [3.05, 3.63) is 0 Å². The van der Waals surface area contributed by atoms with Gasteiger partial charge in [-0.3, -0.25) is 8.37 Å². The summed E-state index contributed by atoms with van der Waals surface area (Å²) in [5, 5.41) is -1.04. The molecule has 0 aromatic heterocycles. The Kier molecular flexibility index (Phi) is 11.2. The van der Waals surface area contributed by atoms with Gasteiger partial charge in [-0.05, 0) is 0 Å². The Morgan fingerprint density at radius 1 is 0.680 bits per heavy atom. The van der Waals surface area contributed by atoms with Crippen molar-refractivity contribution in [1.82, 2.24) is 0 Å². The molecule has 0 aliphatic heterocycles. The molecular formula is C11H18O10S4. The first-order chi connectivity index (χ1) is 11.0. The van der Waals surface area contributed by atoms with E-state index in [9.17, 15) is 33.7 Å². The van der Waals surface area contributed by atoms with Crippen LogP contribution >= 0.6 is 0 Å². The molecule has 0 unspecified atom stereocenters. The zero-order valence-corrected chi connectivity index (χ0v) is 16.7. The molecular weight excluding hydrogens is 420 g/mol. The lowest BCUT2D eigenvalue weighted by molar-refractivity contribution is 0.364. The van der Waals surface area contributed by atoms with Crippen LogP contribution in [0.4, 0.5) is 0 Å². The predicted molar refractivity (Wildman–Crippen MR) is 91.7 cm³/mol. The molecule has 14 heteroatoms. The zero-order valence-electron chi connectivity index (χ0n) is 13.4. The number of rotatable bonds is 9. The fraction of sp³-hybridized carbons (Fsp3) is 0.636. The van der Waals surface area contributed by atoms with Crippen molar-refractivity contribution in [2.75, 3.05) is 42.3 Å². The molecule has 0 radical (unpaired) electrons. The molecule has 146 valence electrons. The van der Waals surface area contributed by atoms with Gasteiger partial charge >= 0.3 is 0 Å². The van der Waals surface area contributed by atoms with Crippen molar-refractivity contribution in [3.63, 3.8) is 0 Å². The average Bonchev–Trinajstić information content (AvgIpc) is 2.38. The lowest BCUT2D eigenvalue weighted by Crippen LogP contribution is -2.18. The summed E-state index contributed by atoms with van der Waals surface area (Å²) >= 11 is 0. The zero-order chi connectivity index (χ0) is 20.4. The van der Waals surface area contributed by atoms with Crippen LogP contribution in [0.2, 0.25) is 0 Å². The summed E-state index contributed by atoms with van der Waals surface area (Å²) in [6.07, 6.45) is 11.2. The third kappa shape index (κ3) is 20.8. The lowest BCUT2D eigenvalue weighted by atomic mass is 10.8. The Bertz CT molecular complexity index is 910. The van der Waals surface area contributed by atoms with Gasteiger partial charge in [0.25, 0.3) is 20.2 Å². The van der Waals surface area contributed by atoms with E-state index in [2.05, 4.69) is 8.37 Å². The van der Waals surface area contributed by atoms with E-state index < -0.39 is 63.1 Å². The standard InChI is InChI=1S/C6H10O5S2.C5H8O5S2/c1-3-4-11-13(9,10)6-5-12(2,7)8;1-3-4-10-12(8,9)5-11(2,6)7/h1H,4-6H2,2H3;1H,4-5H2,2H3. The summed E-state index contributed by atoms with van der Waals surface area (Å²) in [4.78, 5) is 0. The molecule has 0 spiro atoms. The van der Waals surface area contributed by atoms with Crippen LogP contribution in [-0.2, 0) is 48.3 Å². The average molecular weight is 439 g/mol. The largest absolute Gasteiger partial charge is 0.282 e. The van der Waals surface area contributed by atoms with Gasteiger partial charge in [0.2, 0.25) is 0 Å². The Morgan fingerprint density at radius 2 is 1.08 bits per heavy atom. The lowest BCUT2D eigenvalue weighted by Gasteiger charge is -2.00. The van der Waals surface area contributed by atoms with Crippen LogP contribution in [0.5, 0.6) is 0 Å². The molecule has 0 aliphatic carbocycles. The van der Waals surface area contributed by atoms with Gasteiger partial charge in [-0.2, -0.15) is 16.8 Å². The van der Waals surface area contributed by atoms with Crippen LogP contribution in [0.25, 0.3) is 0 Å². The van der Waals surface area contributed by atoms with Crippen LogP contribution in [0.15, 0.2) is 0 Å². The molecule has 0 aromatic rings. The first-order valence-electron chi connectivity index (χ1n) is 6.00. The van der Waals surface area contributed by atoms with Gasteiger partial charge in [0, 0.05) is 12.5 Å². The third-order valence-electron chi connectivity index (χ3n) is 1.71. The van der Waals surface area contributed by atoms with Crippen LogP contribution in [0, 0.1) is 24.7 Å². The molecule has 0 aromatic carbocycles. The summed E-state index contributed by atoms with van der Waals surface area (Å²) in [5.74, 6) is 2.86. The van der Waals surface area contributed by atoms with E-state index in [1.165, 1.54) is 0 Å². The third-order valence-corrected chi connectivity index (χ3v) is 7.44. The minimum atomic E-state index is -4.03. The SMILES string of the molecule is C#CCOS(=O)(=O)CCS(C)(=O)=O.C#CCOS(=O)(=O)CS(C)(=O)=O. The summed E-state index contributed by atoms with van der Waals surface area (Å²) in [5.41, 5.74) is 0. The van der Waals surface area contributed by atoms with E-state index in [0.29, 0.717) is 0 Å². The second-order valence-corrected chi connectivity index (χ2v) is 12.6. The second kappa shape index (κ2) is 10.7. The van der Waals surface area contributed by atoms with Gasteiger partial charge in [-0.25, -0.2) is 16.8 Å². The predicted octanol–water partition coefficient (Wildman–Crippen LogP) is -2.02. The number of sulfone groups is 2. The van der Waals surface area contributed by atoms with Crippen molar-refractivity contribution in [3.8, 4) is 24.7 Å². The van der Waals surface area contributed by atoms with Crippen molar-refractivity contribution < 1.29 is 42.0 Å². The molecule has 0 saturated heterocycles. The maximum absolute atomic E-state index is 10.9. The Hall–Kier alpha value is -1.16. The summed E-state index contributed by atoms with van der Waals surface area (Å²) in [6, 6.07) is 0. The fourth-order valence-corrected chi connectivity index (χ4v) is 5.87. The van der Waals surface area contributed by atoms with E-state index in [-0.39, 0.29) is 6.61 Å². The van der Waals surface area contributed by atoms with Crippen LogP contribution in [0.1, 0.15) is 0 Å². The smallest absolute Gasteiger partial charge is 0.257 e. The molecule has 0 amide bonds. The minimum Gasteiger partial charge on any atom is -0.257 e. The molecule has 0 rings (SSSR count). The topological polar surface area (TPSA) is 155 Å². The molecule has 0 heterocycles. The number of hydrogen-bond donors (Lipinski definition) is 0. The van der Waals surface area contributed by atoms with Gasteiger partial charge in [0.05, 0.1) is 11.5 Å².